The Morgan fingerprint density at radius 2 is 2.14 bits per heavy atom. The van der Waals surface area contributed by atoms with Crippen molar-refractivity contribution in [2.75, 3.05) is 0 Å². The summed E-state index contributed by atoms with van der Waals surface area (Å²) in [7, 11) is 0. The zero-order valence-electron chi connectivity index (χ0n) is 12.4. The van der Waals surface area contributed by atoms with Gasteiger partial charge in [0.2, 0.25) is 5.91 Å². The Labute approximate surface area is 124 Å². The maximum Gasteiger partial charge on any atom is 0.239 e. The van der Waals surface area contributed by atoms with Crippen LogP contribution >= 0.6 is 0 Å². The van der Waals surface area contributed by atoms with E-state index in [1.165, 1.54) is 0 Å². The molecule has 1 saturated carbocycles. The van der Waals surface area contributed by atoms with E-state index >= 15 is 0 Å². The topological polar surface area (TPSA) is 86.9 Å². The maximum atomic E-state index is 11.9. The van der Waals surface area contributed by atoms with E-state index in [1.807, 2.05) is 24.3 Å². The molecule has 1 fully saturated rings. The van der Waals surface area contributed by atoms with E-state index in [9.17, 15) is 4.79 Å². The largest absolute Gasteiger partial charge is 0.368 e. The smallest absolute Gasteiger partial charge is 0.239 e. The number of benzene rings is 1. The first-order valence-corrected chi connectivity index (χ1v) is 7.59. The van der Waals surface area contributed by atoms with Gasteiger partial charge in [-0.2, -0.15) is 0 Å². The number of para-hydroxylation sites is 2. The van der Waals surface area contributed by atoms with Gasteiger partial charge in [0.05, 0.1) is 17.6 Å². The Kier molecular flexibility index (Phi) is 3.45. The summed E-state index contributed by atoms with van der Waals surface area (Å²) >= 11 is 0. The summed E-state index contributed by atoms with van der Waals surface area (Å²) in [5, 5.41) is 0. The molecule has 4 N–H and O–H groups in total. The molecule has 0 aliphatic heterocycles. The number of carbonyl (C=O) groups excluding carboxylic acids is 1. The zero-order valence-corrected chi connectivity index (χ0v) is 12.4. The average molecular weight is 286 g/mol. The lowest BCUT2D eigenvalue weighted by Gasteiger charge is -2.27. The highest BCUT2D eigenvalue weighted by molar-refractivity contribution is 5.85. The number of nitrogens with zero attached hydrogens (tertiary/aromatic N) is 2. The van der Waals surface area contributed by atoms with Crippen LogP contribution in [0.25, 0.3) is 11.0 Å². The molecule has 1 atom stereocenters. The van der Waals surface area contributed by atoms with Gasteiger partial charge >= 0.3 is 0 Å². The molecule has 112 valence electrons. The summed E-state index contributed by atoms with van der Waals surface area (Å²) in [4.78, 5) is 16.6. The van der Waals surface area contributed by atoms with Crippen LogP contribution in [0.1, 0.15) is 32.0 Å². The first-order valence-electron chi connectivity index (χ1n) is 7.59. The first kappa shape index (κ1) is 14.1. The molecule has 0 spiro atoms. The quantitative estimate of drug-likeness (QED) is 0.845. The molecular weight excluding hydrogens is 264 g/mol. The van der Waals surface area contributed by atoms with Crippen LogP contribution < -0.4 is 11.5 Å². The number of amides is 1. The van der Waals surface area contributed by atoms with Crippen molar-refractivity contribution < 1.29 is 4.79 Å². The fourth-order valence-electron chi connectivity index (χ4n) is 2.98. The molecule has 1 amide bonds. The number of carbonyl (C=O) groups is 1. The van der Waals surface area contributed by atoms with Crippen molar-refractivity contribution in [1.29, 1.82) is 0 Å². The van der Waals surface area contributed by atoms with E-state index in [2.05, 4.69) is 16.5 Å². The number of hydrogen-bond donors (Lipinski definition) is 2. The van der Waals surface area contributed by atoms with Crippen molar-refractivity contribution in [2.24, 2.45) is 17.4 Å². The van der Waals surface area contributed by atoms with Gasteiger partial charge in [-0.25, -0.2) is 4.98 Å². The summed E-state index contributed by atoms with van der Waals surface area (Å²) < 4.78 is 2.09. The van der Waals surface area contributed by atoms with Crippen LogP contribution in [0.4, 0.5) is 0 Å². The fourth-order valence-corrected chi connectivity index (χ4v) is 2.98. The SMILES string of the molecule is CCCc1nc2ccccc2n1CC(N)(C(N)=O)C1CC1. The second-order valence-corrected chi connectivity index (χ2v) is 6.03. The van der Waals surface area contributed by atoms with Crippen molar-refractivity contribution in [3.05, 3.63) is 30.1 Å². The van der Waals surface area contributed by atoms with Gasteiger partial charge in [-0.1, -0.05) is 19.1 Å². The van der Waals surface area contributed by atoms with E-state index in [-0.39, 0.29) is 5.92 Å². The molecule has 3 rings (SSSR count). The van der Waals surface area contributed by atoms with Gasteiger partial charge in [0.15, 0.2) is 0 Å². The predicted molar refractivity (Wildman–Crippen MR) is 82.6 cm³/mol. The average Bonchev–Trinajstić information content (AvgIpc) is 3.25. The third-order valence-corrected chi connectivity index (χ3v) is 4.39. The van der Waals surface area contributed by atoms with E-state index in [1.54, 1.807) is 0 Å². The molecule has 1 aromatic heterocycles. The molecule has 0 bridgehead atoms. The summed E-state index contributed by atoms with van der Waals surface area (Å²) in [6, 6.07) is 7.97. The molecule has 5 nitrogen and oxygen atoms in total. The highest BCUT2D eigenvalue weighted by Crippen LogP contribution is 2.39. The molecule has 0 saturated heterocycles. The van der Waals surface area contributed by atoms with Crippen LogP contribution in [0.2, 0.25) is 0 Å². The highest BCUT2D eigenvalue weighted by atomic mass is 16.1. The minimum Gasteiger partial charge on any atom is -0.368 e. The molecule has 0 radical (unpaired) electrons. The molecule has 1 aromatic carbocycles. The summed E-state index contributed by atoms with van der Waals surface area (Å²) in [5.41, 5.74) is 13.0. The number of fused-ring (bicyclic) bond motifs is 1. The van der Waals surface area contributed by atoms with Crippen molar-refractivity contribution in [3.63, 3.8) is 0 Å². The van der Waals surface area contributed by atoms with Crippen LogP contribution in [0.5, 0.6) is 0 Å². The first-order chi connectivity index (χ1) is 10.1. The second-order valence-electron chi connectivity index (χ2n) is 6.03. The van der Waals surface area contributed by atoms with Crippen LogP contribution in [-0.2, 0) is 17.8 Å². The normalized spacial score (nSPS) is 17.8. The number of aryl methyl sites for hydroxylation is 1. The number of aromatic nitrogens is 2. The Morgan fingerprint density at radius 3 is 2.76 bits per heavy atom. The lowest BCUT2D eigenvalue weighted by molar-refractivity contribution is -0.124. The van der Waals surface area contributed by atoms with E-state index in [0.29, 0.717) is 6.54 Å². The van der Waals surface area contributed by atoms with Crippen LogP contribution in [0.15, 0.2) is 24.3 Å². The van der Waals surface area contributed by atoms with E-state index in [0.717, 1.165) is 42.5 Å². The number of primary amides is 1. The lowest BCUT2D eigenvalue weighted by atomic mass is 9.93. The molecule has 21 heavy (non-hydrogen) atoms. The monoisotopic (exact) mass is 286 g/mol. The Bertz CT molecular complexity index is 674. The molecule has 5 heteroatoms. The molecule has 1 heterocycles. The highest BCUT2D eigenvalue weighted by Gasteiger charge is 2.47. The van der Waals surface area contributed by atoms with Crippen LogP contribution in [-0.4, -0.2) is 21.0 Å². The third kappa shape index (κ3) is 2.42. The fraction of sp³-hybridized carbons (Fsp3) is 0.500. The van der Waals surface area contributed by atoms with Gasteiger partial charge in [-0.05, 0) is 37.3 Å². The second kappa shape index (κ2) is 5.15. The van der Waals surface area contributed by atoms with Gasteiger partial charge in [0.1, 0.15) is 11.4 Å². The summed E-state index contributed by atoms with van der Waals surface area (Å²) in [6.45, 7) is 2.54. The lowest BCUT2D eigenvalue weighted by Crippen LogP contribution is -2.57. The summed E-state index contributed by atoms with van der Waals surface area (Å²) in [5.74, 6) is 0.770. The van der Waals surface area contributed by atoms with Crippen molar-refractivity contribution in [3.8, 4) is 0 Å². The van der Waals surface area contributed by atoms with Crippen molar-refractivity contribution >= 4 is 16.9 Å². The zero-order chi connectivity index (χ0) is 15.0. The van der Waals surface area contributed by atoms with E-state index in [4.69, 9.17) is 11.5 Å². The number of hydrogen-bond acceptors (Lipinski definition) is 3. The van der Waals surface area contributed by atoms with Crippen molar-refractivity contribution in [1.82, 2.24) is 9.55 Å². The van der Waals surface area contributed by atoms with Gasteiger partial charge in [0, 0.05) is 6.42 Å². The standard InChI is InChI=1S/C16H22N4O/c1-2-5-14-19-12-6-3-4-7-13(12)20(14)10-16(18,15(17)21)11-8-9-11/h3-4,6-7,11H,2,5,8-10,18H2,1H3,(H2,17,21). The number of nitrogens with two attached hydrogens (primary N) is 2. The molecule has 2 aromatic rings. The van der Waals surface area contributed by atoms with Crippen LogP contribution in [0, 0.1) is 5.92 Å². The van der Waals surface area contributed by atoms with E-state index < -0.39 is 11.4 Å². The number of rotatable bonds is 6. The van der Waals surface area contributed by atoms with Crippen molar-refractivity contribution in [2.45, 2.75) is 44.7 Å². The molecule has 1 aliphatic rings. The summed E-state index contributed by atoms with van der Waals surface area (Å²) in [6.07, 6.45) is 3.83. The Hall–Kier alpha value is -1.88. The van der Waals surface area contributed by atoms with Gasteiger partial charge < -0.3 is 16.0 Å². The van der Waals surface area contributed by atoms with Crippen LogP contribution in [0.3, 0.4) is 0 Å². The number of imidazole rings is 1. The van der Waals surface area contributed by atoms with Gasteiger partial charge in [-0.3, -0.25) is 4.79 Å². The molecular formula is C16H22N4O. The minimum atomic E-state index is -0.966. The predicted octanol–water partition coefficient (Wildman–Crippen LogP) is 1.58. The molecule has 1 unspecified atom stereocenters. The Balaban J connectivity index is 2.05. The maximum absolute atomic E-state index is 11.9. The third-order valence-electron chi connectivity index (χ3n) is 4.39. The van der Waals surface area contributed by atoms with Gasteiger partial charge in [0.25, 0.3) is 0 Å². The molecule has 1 aliphatic carbocycles. The minimum absolute atomic E-state index is 0.200. The van der Waals surface area contributed by atoms with Gasteiger partial charge in [-0.15, -0.1) is 0 Å². The Morgan fingerprint density at radius 1 is 1.43 bits per heavy atom.